The van der Waals surface area contributed by atoms with Crippen LogP contribution in [0.4, 0.5) is 34.1 Å². The van der Waals surface area contributed by atoms with Crippen LogP contribution in [0.15, 0.2) is 158 Å². The van der Waals surface area contributed by atoms with Gasteiger partial charge in [0.15, 0.2) is 0 Å². The van der Waals surface area contributed by atoms with E-state index in [0.29, 0.717) is 0 Å². The van der Waals surface area contributed by atoms with Gasteiger partial charge in [-0.25, -0.2) is 0 Å². The summed E-state index contributed by atoms with van der Waals surface area (Å²) in [6.07, 6.45) is 3.44. The number of benzene rings is 8. The van der Waals surface area contributed by atoms with Crippen molar-refractivity contribution in [1.29, 1.82) is 0 Å². The maximum atomic E-state index is 2.75. The molecule has 0 bridgehead atoms. The molecular formula is C72H77BN2. The number of rotatable bonds is 5. The van der Waals surface area contributed by atoms with Crippen molar-refractivity contribution in [3.05, 3.63) is 197 Å². The van der Waals surface area contributed by atoms with Crippen LogP contribution in [0.25, 0.3) is 33.4 Å². The molecule has 0 saturated heterocycles. The number of fused-ring (bicyclic) bond motifs is 6. The van der Waals surface area contributed by atoms with Gasteiger partial charge < -0.3 is 9.80 Å². The van der Waals surface area contributed by atoms with Gasteiger partial charge in [-0.05, 0) is 184 Å². The first-order valence-corrected chi connectivity index (χ1v) is 28.0. The van der Waals surface area contributed by atoms with Crippen molar-refractivity contribution in [2.45, 2.75) is 156 Å². The van der Waals surface area contributed by atoms with Gasteiger partial charge in [-0.2, -0.15) is 0 Å². The molecule has 75 heavy (non-hydrogen) atoms. The molecule has 2 heterocycles. The average molecular weight is 981 g/mol. The summed E-state index contributed by atoms with van der Waals surface area (Å²) in [6.45, 7) is 36.3. The standard InChI is InChI=1S/C72H77BN2/c1-45-26-27-48(46-22-18-16-19-23-46)37-61(45)75-62-38-49(47-24-20-17-21-25-47)29-32-58(62)73-59-42-56-57(70(10,11)35-34-69(56,8)9)43-63(59)74(64-40-52(68(5,6)7)41-65(75)66(64)73)60-33-30-51(67(2,3)4)39-53(60)50-28-31-54-55(36-50)72(14,15)44-71(54,12)13/h16-33,36-43H,34-35,44H2,1-15H3. The molecule has 0 spiro atoms. The summed E-state index contributed by atoms with van der Waals surface area (Å²) in [5.74, 6) is 0. The molecule has 2 nitrogen and oxygen atoms in total. The van der Waals surface area contributed by atoms with E-state index >= 15 is 0 Å². The number of anilines is 6. The van der Waals surface area contributed by atoms with Crippen LogP contribution in [0, 0.1) is 6.92 Å². The summed E-state index contributed by atoms with van der Waals surface area (Å²) in [5.41, 5.74) is 28.9. The molecule has 8 aromatic carbocycles. The Hall–Kier alpha value is -6.58. The molecule has 0 fully saturated rings. The lowest BCUT2D eigenvalue weighted by atomic mass is 9.33. The molecule has 0 atom stereocenters. The second kappa shape index (κ2) is 16.7. The Balaban J connectivity index is 1.23. The van der Waals surface area contributed by atoms with E-state index < -0.39 is 0 Å². The van der Waals surface area contributed by atoms with E-state index in [1.165, 1.54) is 123 Å². The molecule has 2 aliphatic heterocycles. The smallest absolute Gasteiger partial charge is 0.252 e. The molecular weight excluding hydrogens is 904 g/mol. The summed E-state index contributed by atoms with van der Waals surface area (Å²) in [6, 6.07) is 61.9. The van der Waals surface area contributed by atoms with Crippen molar-refractivity contribution in [2.75, 3.05) is 9.80 Å². The normalized spacial score (nSPS) is 17.5. The fourth-order valence-electron chi connectivity index (χ4n) is 14.1. The fourth-order valence-corrected chi connectivity index (χ4v) is 14.1. The zero-order valence-corrected chi connectivity index (χ0v) is 47.6. The number of nitrogens with zero attached hydrogens (tertiary/aromatic N) is 2. The van der Waals surface area contributed by atoms with Gasteiger partial charge in [0.1, 0.15) is 0 Å². The highest BCUT2D eigenvalue weighted by Gasteiger charge is 2.48. The molecule has 0 aromatic heterocycles. The molecule has 0 amide bonds. The number of aryl methyl sites for hydroxylation is 1. The molecule has 0 saturated carbocycles. The van der Waals surface area contributed by atoms with Crippen LogP contribution >= 0.6 is 0 Å². The zero-order valence-electron chi connectivity index (χ0n) is 47.6. The van der Waals surface area contributed by atoms with E-state index in [1.54, 1.807) is 0 Å². The van der Waals surface area contributed by atoms with Crippen LogP contribution in [0.5, 0.6) is 0 Å². The highest BCUT2D eigenvalue weighted by atomic mass is 15.2. The summed E-state index contributed by atoms with van der Waals surface area (Å²) >= 11 is 0. The molecule has 2 aliphatic carbocycles. The van der Waals surface area contributed by atoms with Gasteiger partial charge in [0.25, 0.3) is 6.71 Å². The molecule has 0 radical (unpaired) electrons. The Morgan fingerprint density at radius 3 is 1.48 bits per heavy atom. The molecule has 0 N–H and O–H groups in total. The summed E-state index contributed by atoms with van der Waals surface area (Å²) in [5, 5.41) is 0. The lowest BCUT2D eigenvalue weighted by Crippen LogP contribution is -2.62. The highest BCUT2D eigenvalue weighted by Crippen LogP contribution is 2.55. The Bertz CT molecular complexity index is 3610. The van der Waals surface area contributed by atoms with Gasteiger partial charge in [0.2, 0.25) is 0 Å². The van der Waals surface area contributed by atoms with Crippen LogP contribution in [0.2, 0.25) is 0 Å². The minimum absolute atomic E-state index is 0.00863. The van der Waals surface area contributed by atoms with Crippen molar-refractivity contribution in [3.8, 4) is 33.4 Å². The van der Waals surface area contributed by atoms with Crippen LogP contribution in [0.3, 0.4) is 0 Å². The summed E-state index contributed by atoms with van der Waals surface area (Å²) in [7, 11) is 0. The number of hydrogen-bond donors (Lipinski definition) is 0. The van der Waals surface area contributed by atoms with Gasteiger partial charge >= 0.3 is 0 Å². The maximum absolute atomic E-state index is 2.75. The van der Waals surface area contributed by atoms with Crippen LogP contribution in [-0.2, 0) is 32.5 Å². The molecule has 4 aliphatic rings. The summed E-state index contributed by atoms with van der Waals surface area (Å²) < 4.78 is 0. The van der Waals surface area contributed by atoms with E-state index in [0.717, 1.165) is 19.3 Å². The third-order valence-electron chi connectivity index (χ3n) is 18.3. The Morgan fingerprint density at radius 1 is 0.373 bits per heavy atom. The largest absolute Gasteiger partial charge is 0.311 e. The highest BCUT2D eigenvalue weighted by molar-refractivity contribution is 7.00. The monoisotopic (exact) mass is 981 g/mol. The second-order valence-corrected chi connectivity index (χ2v) is 27.7. The van der Waals surface area contributed by atoms with Crippen molar-refractivity contribution in [1.82, 2.24) is 0 Å². The van der Waals surface area contributed by atoms with Crippen molar-refractivity contribution >= 4 is 57.2 Å². The van der Waals surface area contributed by atoms with E-state index in [2.05, 4.69) is 271 Å². The maximum Gasteiger partial charge on any atom is 0.252 e. The van der Waals surface area contributed by atoms with Gasteiger partial charge in [0.05, 0.1) is 5.69 Å². The lowest BCUT2D eigenvalue weighted by molar-refractivity contribution is 0.332. The predicted molar refractivity (Wildman–Crippen MR) is 325 cm³/mol. The Kier molecular flexibility index (Phi) is 11.0. The van der Waals surface area contributed by atoms with Crippen molar-refractivity contribution in [3.63, 3.8) is 0 Å². The molecule has 12 rings (SSSR count). The molecule has 378 valence electrons. The molecule has 8 aromatic rings. The Morgan fingerprint density at radius 2 is 0.880 bits per heavy atom. The van der Waals surface area contributed by atoms with Crippen molar-refractivity contribution in [2.24, 2.45) is 0 Å². The molecule has 0 unspecified atom stereocenters. The summed E-state index contributed by atoms with van der Waals surface area (Å²) in [4.78, 5) is 5.41. The second-order valence-electron chi connectivity index (χ2n) is 27.7. The quantitative estimate of drug-likeness (QED) is 0.159. The van der Waals surface area contributed by atoms with E-state index in [-0.39, 0.29) is 39.2 Å². The van der Waals surface area contributed by atoms with E-state index in [1.807, 2.05) is 0 Å². The fraction of sp³-hybridized carbons (Fsp3) is 0.333. The van der Waals surface area contributed by atoms with Crippen LogP contribution in [0.1, 0.15) is 155 Å². The van der Waals surface area contributed by atoms with Crippen molar-refractivity contribution < 1.29 is 0 Å². The first kappa shape index (κ1) is 49.3. The van der Waals surface area contributed by atoms with Gasteiger partial charge in [-0.1, -0.05) is 212 Å². The first-order chi connectivity index (χ1) is 35.3. The van der Waals surface area contributed by atoms with Crippen LogP contribution in [-0.4, -0.2) is 6.71 Å². The molecule has 3 heteroatoms. The third-order valence-corrected chi connectivity index (χ3v) is 18.3. The first-order valence-electron chi connectivity index (χ1n) is 28.0. The van der Waals surface area contributed by atoms with E-state index in [4.69, 9.17) is 0 Å². The topological polar surface area (TPSA) is 6.48 Å². The lowest BCUT2D eigenvalue weighted by Gasteiger charge is -2.48. The zero-order chi connectivity index (χ0) is 52.9. The van der Waals surface area contributed by atoms with Gasteiger partial charge in [0, 0.05) is 34.0 Å². The van der Waals surface area contributed by atoms with E-state index in [9.17, 15) is 0 Å². The minimum Gasteiger partial charge on any atom is -0.311 e. The van der Waals surface area contributed by atoms with Crippen LogP contribution < -0.4 is 26.2 Å². The Labute approximate surface area is 450 Å². The minimum atomic E-state index is -0.162. The number of hydrogen-bond acceptors (Lipinski definition) is 2. The third kappa shape index (κ3) is 7.96. The van der Waals surface area contributed by atoms with Gasteiger partial charge in [-0.3, -0.25) is 0 Å². The SMILES string of the molecule is Cc1ccc(-c2ccccc2)cc1N1c2cc(-c3ccccc3)ccc2B2c3cc4c(cc3N(c3ccc(C(C)(C)C)cc3-c3ccc5c(c3)C(C)(C)CC5(C)C)c3cc(C(C)(C)C)cc1c32)C(C)(C)CCC4(C)C. The van der Waals surface area contributed by atoms with Gasteiger partial charge in [-0.15, -0.1) is 0 Å². The average Bonchev–Trinajstić information content (AvgIpc) is 3.61. The predicted octanol–water partition coefficient (Wildman–Crippen LogP) is 18.0.